The Morgan fingerprint density at radius 3 is 2.38 bits per heavy atom. The summed E-state index contributed by atoms with van der Waals surface area (Å²) in [7, 11) is -4.43. The summed E-state index contributed by atoms with van der Waals surface area (Å²) < 4.78 is 30.1. The molecule has 2 amide bonds. The van der Waals surface area contributed by atoms with Gasteiger partial charge in [0.2, 0.25) is 0 Å². The van der Waals surface area contributed by atoms with Crippen molar-refractivity contribution in [2.45, 2.75) is 73.6 Å². The van der Waals surface area contributed by atoms with Crippen molar-refractivity contribution in [2.75, 3.05) is 35.6 Å². The Balaban J connectivity index is 1.08. The molecule has 15 heteroatoms. The monoisotopic (exact) mass is 759 g/mol. The van der Waals surface area contributed by atoms with Gasteiger partial charge in [0.25, 0.3) is 21.6 Å². The molecule has 0 unspecified atom stereocenters. The number of rotatable bonds is 15. The fraction of sp³-hybridized carbons (Fsp3) is 0.395. The normalized spacial score (nSPS) is 15.9. The third-order valence-electron chi connectivity index (χ3n) is 10.2. The van der Waals surface area contributed by atoms with Crippen LogP contribution in [0.15, 0.2) is 101 Å². The van der Waals surface area contributed by atoms with Crippen LogP contribution < -0.4 is 20.3 Å². The molecule has 2 fully saturated rings. The van der Waals surface area contributed by atoms with Gasteiger partial charge in [-0.15, -0.1) is 11.8 Å². The fourth-order valence-electron chi connectivity index (χ4n) is 7.19. The maximum absolute atomic E-state index is 13.3. The van der Waals surface area contributed by atoms with E-state index in [1.807, 2.05) is 42.5 Å². The molecule has 1 spiro atoms. The Labute approximate surface area is 314 Å². The Kier molecular flexibility index (Phi) is 12.3. The number of unbranched alkanes of at least 4 members (excludes halogenated alkanes) is 1. The van der Waals surface area contributed by atoms with Gasteiger partial charge in [0.05, 0.1) is 9.82 Å². The maximum Gasteiger partial charge on any atom is 0.326 e. The highest BCUT2D eigenvalue weighted by atomic mass is 32.2. The highest BCUT2D eigenvalue weighted by Gasteiger charge is 2.37. The number of carbonyl (C=O) groups excluding carboxylic acids is 2. The number of thioether (sulfide) groups is 1. The van der Waals surface area contributed by atoms with Crippen molar-refractivity contribution in [1.82, 2.24) is 19.6 Å². The summed E-state index contributed by atoms with van der Waals surface area (Å²) in [6.07, 6.45) is 14.1. The minimum atomic E-state index is -4.43. The van der Waals surface area contributed by atoms with Crippen molar-refractivity contribution in [3.05, 3.63) is 107 Å². The molecule has 1 saturated heterocycles. The van der Waals surface area contributed by atoms with Gasteiger partial charge in [-0.1, -0.05) is 31.0 Å². The van der Waals surface area contributed by atoms with Crippen LogP contribution in [0.2, 0.25) is 0 Å². The number of sulfonamides is 1. The molecule has 2 aliphatic rings. The molecule has 53 heavy (non-hydrogen) atoms. The summed E-state index contributed by atoms with van der Waals surface area (Å²) in [5.74, 6) is -0.236. The van der Waals surface area contributed by atoms with E-state index in [4.69, 9.17) is 0 Å². The summed E-state index contributed by atoms with van der Waals surface area (Å²) in [4.78, 5) is 43.7. The molecule has 1 atom stereocenters. The largest absolute Gasteiger partial charge is 0.376 e. The van der Waals surface area contributed by atoms with E-state index in [9.17, 15) is 28.1 Å². The summed E-state index contributed by atoms with van der Waals surface area (Å²) in [6, 6.07) is 19.8. The van der Waals surface area contributed by atoms with E-state index < -0.39 is 31.4 Å². The molecule has 0 radical (unpaired) electrons. The first kappa shape index (κ1) is 37.9. The predicted molar refractivity (Wildman–Crippen MR) is 206 cm³/mol. The predicted octanol–water partition coefficient (Wildman–Crippen LogP) is 7.07. The van der Waals surface area contributed by atoms with Crippen LogP contribution in [0.1, 0.15) is 68.1 Å². The number of hydrogen-bond donors (Lipinski definition) is 3. The molecule has 0 bridgehead atoms. The third kappa shape index (κ3) is 9.96. The lowest BCUT2D eigenvalue weighted by Crippen LogP contribution is -2.38. The number of nitrogens with zero attached hydrogens (tertiary/aromatic N) is 4. The fourth-order valence-corrected chi connectivity index (χ4v) is 9.18. The van der Waals surface area contributed by atoms with Gasteiger partial charge in [0.15, 0.2) is 0 Å². The minimum absolute atomic E-state index is 0.166. The number of hydrogen-bond acceptors (Lipinski definition) is 10. The van der Waals surface area contributed by atoms with Crippen molar-refractivity contribution in [3.8, 4) is 0 Å². The standard InChI is InChI=1S/C38H45N7O6S2/c46-36(29-11-13-31(14-12-29)43-23-19-38(20-24-43)17-5-6-18-38)42-53(50,51)33-15-16-34(35(26-33)45(48)49)41-30(27-52-32-9-2-1-3-10-32)8-4-7-21-40-37(47)44-25-22-39-28-44/h1-3,9-16,22,25-26,28,30,41H,4-8,17-21,23-24,27H2,(H,40,47)(H,42,46)/t30-/m1/s1. The number of anilines is 2. The van der Waals surface area contributed by atoms with Gasteiger partial charge >= 0.3 is 6.03 Å². The van der Waals surface area contributed by atoms with Crippen molar-refractivity contribution in [2.24, 2.45) is 5.41 Å². The zero-order valence-corrected chi connectivity index (χ0v) is 31.1. The van der Waals surface area contributed by atoms with E-state index in [0.717, 1.165) is 42.6 Å². The molecule has 1 aliphatic heterocycles. The zero-order chi connectivity index (χ0) is 37.3. The molecule has 6 rings (SSSR count). The first-order chi connectivity index (χ1) is 25.6. The SMILES string of the molecule is O=C(NS(=O)(=O)c1ccc(N[C@H](CCCCNC(=O)n2ccnc2)CSc2ccccc2)c([N+](=O)[O-])c1)c1ccc(N2CCC3(CCCC3)CC2)cc1. The van der Waals surface area contributed by atoms with Crippen molar-refractivity contribution >= 4 is 50.8 Å². The van der Waals surface area contributed by atoms with E-state index in [-0.39, 0.29) is 23.3 Å². The van der Waals surface area contributed by atoms with E-state index >= 15 is 0 Å². The van der Waals surface area contributed by atoms with Gasteiger partial charge in [-0.3, -0.25) is 19.5 Å². The summed E-state index contributed by atoms with van der Waals surface area (Å²) >= 11 is 1.60. The Hall–Kier alpha value is -4.89. The van der Waals surface area contributed by atoms with E-state index in [1.165, 1.54) is 54.9 Å². The molecular formula is C38H45N7O6S2. The minimum Gasteiger partial charge on any atom is -0.376 e. The second-order valence-electron chi connectivity index (χ2n) is 13.8. The Bertz CT molecular complexity index is 1960. The number of nitro groups is 1. The second-order valence-corrected chi connectivity index (χ2v) is 16.6. The van der Waals surface area contributed by atoms with E-state index in [0.29, 0.717) is 37.0 Å². The Morgan fingerprint density at radius 2 is 1.70 bits per heavy atom. The van der Waals surface area contributed by atoms with Crippen molar-refractivity contribution in [1.29, 1.82) is 0 Å². The highest BCUT2D eigenvalue weighted by Crippen LogP contribution is 2.46. The molecule has 3 N–H and O–H groups in total. The van der Waals surface area contributed by atoms with Gasteiger partial charge in [-0.25, -0.2) is 22.9 Å². The number of carbonyl (C=O) groups is 2. The van der Waals surface area contributed by atoms with Crippen LogP contribution in [0.25, 0.3) is 0 Å². The molecule has 3 aromatic carbocycles. The van der Waals surface area contributed by atoms with Crippen LogP contribution in [0.3, 0.4) is 0 Å². The highest BCUT2D eigenvalue weighted by molar-refractivity contribution is 7.99. The molecule has 1 saturated carbocycles. The smallest absolute Gasteiger partial charge is 0.326 e. The topological polar surface area (TPSA) is 169 Å². The molecular weight excluding hydrogens is 715 g/mol. The summed E-state index contributed by atoms with van der Waals surface area (Å²) in [6.45, 7) is 2.36. The number of amides is 2. The van der Waals surface area contributed by atoms with E-state index in [2.05, 4.69) is 25.2 Å². The van der Waals surface area contributed by atoms with Crippen molar-refractivity contribution < 1.29 is 22.9 Å². The average Bonchev–Trinajstić information content (AvgIpc) is 3.88. The van der Waals surface area contributed by atoms with E-state index in [1.54, 1.807) is 30.1 Å². The average molecular weight is 760 g/mol. The summed E-state index contributed by atoms with van der Waals surface area (Å²) in [5, 5.41) is 18.3. The van der Waals surface area contributed by atoms with Gasteiger partial charge in [-0.05, 0) is 98.9 Å². The first-order valence-corrected chi connectivity index (χ1v) is 20.5. The third-order valence-corrected chi connectivity index (χ3v) is 12.7. The lowest BCUT2D eigenvalue weighted by molar-refractivity contribution is -0.384. The Morgan fingerprint density at radius 1 is 0.962 bits per heavy atom. The van der Waals surface area contributed by atoms with Crippen LogP contribution in [0.4, 0.5) is 21.9 Å². The van der Waals surface area contributed by atoms with Crippen LogP contribution in [-0.4, -0.2) is 66.3 Å². The number of benzene rings is 3. The van der Waals surface area contributed by atoms with Gasteiger partial charge < -0.3 is 15.5 Å². The molecule has 4 aromatic rings. The molecule has 13 nitrogen and oxygen atoms in total. The number of nitrogens with one attached hydrogen (secondary N) is 3. The van der Waals surface area contributed by atoms with Crippen molar-refractivity contribution in [3.63, 3.8) is 0 Å². The molecule has 2 heterocycles. The van der Waals surface area contributed by atoms with Crippen LogP contribution in [0, 0.1) is 15.5 Å². The lowest BCUT2D eigenvalue weighted by atomic mass is 9.77. The number of imidazole rings is 1. The van der Waals surface area contributed by atoms with Gasteiger partial charge in [0.1, 0.15) is 12.0 Å². The first-order valence-electron chi connectivity index (χ1n) is 18.0. The van der Waals surface area contributed by atoms with Crippen LogP contribution >= 0.6 is 11.8 Å². The zero-order valence-electron chi connectivity index (χ0n) is 29.5. The van der Waals surface area contributed by atoms with Gasteiger partial charge in [0, 0.05) is 66.0 Å². The quantitative estimate of drug-likeness (QED) is 0.0493. The molecule has 1 aliphatic carbocycles. The molecule has 280 valence electrons. The lowest BCUT2D eigenvalue weighted by Gasteiger charge is -2.40. The second kappa shape index (κ2) is 17.3. The number of nitro benzene ring substituents is 1. The number of piperidine rings is 1. The van der Waals surface area contributed by atoms with Gasteiger partial charge in [-0.2, -0.15) is 0 Å². The summed E-state index contributed by atoms with van der Waals surface area (Å²) in [5.41, 5.74) is 1.40. The number of aromatic nitrogens is 2. The molecule has 1 aromatic heterocycles. The van der Waals surface area contributed by atoms with Crippen LogP contribution in [0.5, 0.6) is 0 Å². The van der Waals surface area contributed by atoms with Crippen LogP contribution in [-0.2, 0) is 10.0 Å². The maximum atomic E-state index is 13.3.